The third-order valence-electron chi connectivity index (χ3n) is 3.49. The van der Waals surface area contributed by atoms with E-state index in [1.54, 1.807) is 17.0 Å². The number of benzene rings is 1. The van der Waals surface area contributed by atoms with E-state index in [-0.39, 0.29) is 6.54 Å². The molecule has 2 rings (SSSR count). The molecule has 5 N–H and O–H groups in total. The van der Waals surface area contributed by atoms with Gasteiger partial charge in [0.25, 0.3) is 5.91 Å². The molecule has 0 bridgehead atoms. The maximum Gasteiger partial charge on any atom is 0.325 e. The summed E-state index contributed by atoms with van der Waals surface area (Å²) in [5.74, 6) is -1.55. The van der Waals surface area contributed by atoms with Gasteiger partial charge < -0.3 is 21.5 Å². The first-order chi connectivity index (χ1) is 8.83. The van der Waals surface area contributed by atoms with E-state index in [0.29, 0.717) is 24.2 Å². The van der Waals surface area contributed by atoms with E-state index < -0.39 is 17.4 Å². The molecule has 1 aromatic rings. The number of carbonyl (C=O) groups excluding carboxylic acids is 1. The second-order valence-electron chi connectivity index (χ2n) is 5.02. The van der Waals surface area contributed by atoms with E-state index in [1.807, 2.05) is 13.0 Å². The van der Waals surface area contributed by atoms with Crippen LogP contribution in [0.15, 0.2) is 18.2 Å². The molecule has 6 nitrogen and oxygen atoms in total. The van der Waals surface area contributed by atoms with Gasteiger partial charge in [-0.15, -0.1) is 0 Å². The van der Waals surface area contributed by atoms with Crippen LogP contribution < -0.4 is 16.4 Å². The van der Waals surface area contributed by atoms with E-state index in [4.69, 9.17) is 16.6 Å². The fourth-order valence-electron chi connectivity index (χ4n) is 2.33. The largest absolute Gasteiger partial charge is 0.480 e. The summed E-state index contributed by atoms with van der Waals surface area (Å²) in [6.45, 7) is 2.57. The molecule has 1 fully saturated rings. The quantitative estimate of drug-likeness (QED) is 0.715. The molecule has 1 saturated heterocycles. The van der Waals surface area contributed by atoms with E-state index in [9.17, 15) is 9.59 Å². The normalized spacial score (nSPS) is 22.5. The highest BCUT2D eigenvalue weighted by Crippen LogP contribution is 2.29. The molecule has 0 aliphatic carbocycles. The van der Waals surface area contributed by atoms with Crippen LogP contribution in [0.4, 0.5) is 5.69 Å². The molecule has 1 aromatic carbocycles. The van der Waals surface area contributed by atoms with Gasteiger partial charge in [-0.2, -0.15) is 0 Å². The summed E-state index contributed by atoms with van der Waals surface area (Å²) in [6, 6.07) is 5.28. The van der Waals surface area contributed by atoms with Crippen molar-refractivity contribution >= 4 is 17.6 Å². The Balaban J connectivity index is 2.36. The number of primary amides is 1. The lowest BCUT2D eigenvalue weighted by molar-refractivity contribution is -0.142. The van der Waals surface area contributed by atoms with Crippen molar-refractivity contribution in [2.75, 3.05) is 18.0 Å². The Bertz CT molecular complexity index is 544. The zero-order chi connectivity index (χ0) is 14.2. The number of rotatable bonds is 3. The summed E-state index contributed by atoms with van der Waals surface area (Å²) >= 11 is 0. The van der Waals surface area contributed by atoms with Crippen molar-refractivity contribution < 1.29 is 14.7 Å². The lowest BCUT2D eigenvalue weighted by Gasteiger charge is -2.23. The Morgan fingerprint density at radius 1 is 1.42 bits per heavy atom. The number of aliphatic carboxylic acids is 1. The highest BCUT2D eigenvalue weighted by Gasteiger charge is 2.42. The first kappa shape index (κ1) is 13.4. The molecular formula is C13H17N3O3. The highest BCUT2D eigenvalue weighted by molar-refractivity contribution is 5.99. The Morgan fingerprint density at radius 3 is 2.63 bits per heavy atom. The van der Waals surface area contributed by atoms with Gasteiger partial charge in [-0.25, -0.2) is 0 Å². The summed E-state index contributed by atoms with van der Waals surface area (Å²) in [5.41, 5.74) is 11.9. The van der Waals surface area contributed by atoms with Crippen LogP contribution in [0.25, 0.3) is 0 Å². The van der Waals surface area contributed by atoms with E-state index >= 15 is 0 Å². The number of nitrogens with two attached hydrogens (primary N) is 2. The second-order valence-corrected chi connectivity index (χ2v) is 5.02. The van der Waals surface area contributed by atoms with Crippen LogP contribution in [-0.4, -0.2) is 35.6 Å². The Labute approximate surface area is 111 Å². The summed E-state index contributed by atoms with van der Waals surface area (Å²) in [6.07, 6.45) is 0.342. The van der Waals surface area contributed by atoms with Crippen LogP contribution in [0, 0.1) is 6.92 Å². The number of anilines is 1. The smallest absolute Gasteiger partial charge is 0.325 e. The topological polar surface area (TPSA) is 110 Å². The Hall–Kier alpha value is -2.08. The van der Waals surface area contributed by atoms with Gasteiger partial charge in [0.2, 0.25) is 0 Å². The molecule has 1 aliphatic rings. The number of amides is 1. The molecule has 1 heterocycles. The first-order valence-corrected chi connectivity index (χ1v) is 6.01. The molecular weight excluding hydrogens is 246 g/mol. The van der Waals surface area contributed by atoms with Gasteiger partial charge in [0.15, 0.2) is 0 Å². The molecule has 6 heteroatoms. The lowest BCUT2D eigenvalue weighted by Crippen LogP contribution is -2.50. The maximum atomic E-state index is 11.4. The van der Waals surface area contributed by atoms with Gasteiger partial charge in [-0.1, -0.05) is 6.07 Å². The fourth-order valence-corrected chi connectivity index (χ4v) is 2.33. The number of nitrogens with zero attached hydrogens (tertiary/aromatic N) is 1. The third-order valence-corrected chi connectivity index (χ3v) is 3.49. The molecule has 0 radical (unpaired) electrons. The average Bonchev–Trinajstić information content (AvgIpc) is 2.73. The highest BCUT2D eigenvalue weighted by atomic mass is 16.4. The van der Waals surface area contributed by atoms with Crippen molar-refractivity contribution in [3.05, 3.63) is 29.3 Å². The van der Waals surface area contributed by atoms with Crippen LogP contribution >= 0.6 is 0 Å². The predicted octanol–water partition coefficient (Wildman–Crippen LogP) is 0.0861. The van der Waals surface area contributed by atoms with Crippen molar-refractivity contribution in [3.8, 4) is 0 Å². The summed E-state index contributed by atoms with van der Waals surface area (Å²) < 4.78 is 0. The molecule has 1 atom stereocenters. The van der Waals surface area contributed by atoms with Crippen LogP contribution in [0.3, 0.4) is 0 Å². The van der Waals surface area contributed by atoms with E-state index in [2.05, 4.69) is 0 Å². The zero-order valence-electron chi connectivity index (χ0n) is 10.7. The number of hydrogen-bond acceptors (Lipinski definition) is 4. The molecule has 102 valence electrons. The minimum atomic E-state index is -1.27. The van der Waals surface area contributed by atoms with Crippen LogP contribution in [-0.2, 0) is 4.79 Å². The van der Waals surface area contributed by atoms with Crippen molar-refractivity contribution in [1.29, 1.82) is 0 Å². The van der Waals surface area contributed by atoms with Gasteiger partial charge >= 0.3 is 5.97 Å². The van der Waals surface area contributed by atoms with Crippen LogP contribution in [0.1, 0.15) is 22.3 Å². The number of carboxylic acid groups (broad SMARTS) is 1. The monoisotopic (exact) mass is 263 g/mol. The van der Waals surface area contributed by atoms with Crippen molar-refractivity contribution in [2.24, 2.45) is 11.5 Å². The second kappa shape index (κ2) is 4.55. The summed E-state index contributed by atoms with van der Waals surface area (Å²) in [4.78, 5) is 24.4. The van der Waals surface area contributed by atoms with Gasteiger partial charge in [0.05, 0.1) is 5.56 Å². The number of aryl methyl sites for hydroxylation is 1. The standard InChI is InChI=1S/C13H17N3O3/c1-8-2-3-9(11(14)17)10(6-8)16-5-4-13(15,7-16)12(18)19/h2-3,6H,4-5,7,15H2,1H3,(H2,14,17)(H,18,19). The number of carboxylic acids is 1. The van der Waals surface area contributed by atoms with Crippen molar-refractivity contribution in [1.82, 2.24) is 0 Å². The predicted molar refractivity (Wildman–Crippen MR) is 71.1 cm³/mol. The Morgan fingerprint density at radius 2 is 2.11 bits per heavy atom. The minimum absolute atomic E-state index is 0.173. The summed E-state index contributed by atoms with van der Waals surface area (Å²) in [5, 5.41) is 9.13. The molecule has 1 amide bonds. The maximum absolute atomic E-state index is 11.4. The Kier molecular flexibility index (Phi) is 3.20. The van der Waals surface area contributed by atoms with E-state index in [1.165, 1.54) is 0 Å². The van der Waals surface area contributed by atoms with Gasteiger partial charge in [-0.05, 0) is 31.0 Å². The zero-order valence-corrected chi connectivity index (χ0v) is 10.7. The minimum Gasteiger partial charge on any atom is -0.480 e. The SMILES string of the molecule is Cc1ccc(C(N)=O)c(N2CCC(N)(C(=O)O)C2)c1. The van der Waals surface area contributed by atoms with Crippen molar-refractivity contribution in [2.45, 2.75) is 18.9 Å². The van der Waals surface area contributed by atoms with Gasteiger partial charge in [0, 0.05) is 18.8 Å². The molecule has 0 aromatic heterocycles. The van der Waals surface area contributed by atoms with Crippen LogP contribution in [0.2, 0.25) is 0 Å². The number of carbonyl (C=O) groups is 2. The van der Waals surface area contributed by atoms with E-state index in [0.717, 1.165) is 5.56 Å². The molecule has 19 heavy (non-hydrogen) atoms. The fraction of sp³-hybridized carbons (Fsp3) is 0.385. The molecule has 1 unspecified atom stereocenters. The van der Waals surface area contributed by atoms with Crippen LogP contribution in [0.5, 0.6) is 0 Å². The average molecular weight is 263 g/mol. The van der Waals surface area contributed by atoms with Gasteiger partial charge in [-0.3, -0.25) is 9.59 Å². The van der Waals surface area contributed by atoms with Gasteiger partial charge in [0.1, 0.15) is 5.54 Å². The first-order valence-electron chi connectivity index (χ1n) is 6.01. The number of hydrogen-bond donors (Lipinski definition) is 3. The van der Waals surface area contributed by atoms with Crippen molar-refractivity contribution in [3.63, 3.8) is 0 Å². The lowest BCUT2D eigenvalue weighted by atomic mass is 10.0. The summed E-state index contributed by atoms with van der Waals surface area (Å²) in [7, 11) is 0. The molecule has 1 aliphatic heterocycles. The molecule has 0 saturated carbocycles. The molecule has 0 spiro atoms. The third kappa shape index (κ3) is 2.39.